The fourth-order valence-electron chi connectivity index (χ4n) is 3.14. The van der Waals surface area contributed by atoms with Crippen LogP contribution in [0.2, 0.25) is 10.0 Å². The first kappa shape index (κ1) is 21.4. The lowest BCUT2D eigenvalue weighted by molar-refractivity contribution is 0.602. The second kappa shape index (κ2) is 8.34. The molecule has 0 saturated heterocycles. The molecule has 0 aliphatic heterocycles. The van der Waals surface area contributed by atoms with Crippen LogP contribution in [0.5, 0.6) is 0 Å². The van der Waals surface area contributed by atoms with Crippen molar-refractivity contribution in [1.82, 2.24) is 9.55 Å². The number of benzene rings is 3. The highest BCUT2D eigenvalue weighted by atomic mass is 127. The van der Waals surface area contributed by atoms with E-state index in [9.17, 15) is 8.42 Å². The van der Waals surface area contributed by atoms with Gasteiger partial charge >= 0.3 is 0 Å². The van der Waals surface area contributed by atoms with Gasteiger partial charge in [-0.15, -0.1) is 0 Å². The lowest BCUT2D eigenvalue weighted by Crippen LogP contribution is -1.98. The Morgan fingerprint density at radius 3 is 2.33 bits per heavy atom. The Kier molecular flexibility index (Phi) is 5.94. The van der Waals surface area contributed by atoms with Gasteiger partial charge in [0.05, 0.1) is 14.9 Å². The third-order valence-corrected chi connectivity index (χ3v) is 7.06. The van der Waals surface area contributed by atoms with E-state index in [2.05, 4.69) is 27.6 Å². The molecule has 4 nitrogen and oxygen atoms in total. The second-order valence-corrected chi connectivity index (χ2v) is 10.6. The minimum absolute atomic E-state index is 0.297. The quantitative estimate of drug-likeness (QED) is 0.263. The Balaban J connectivity index is 1.76. The SMILES string of the molecule is CS(=O)(=O)c1cccc(-c2ccc(-n3cc(I)nc3-c3cccc(Cl)c3Cl)cc2)c1. The number of sulfone groups is 1. The number of imidazole rings is 1. The number of hydrogen-bond acceptors (Lipinski definition) is 3. The highest BCUT2D eigenvalue weighted by Crippen LogP contribution is 2.34. The normalized spacial score (nSPS) is 11.6. The van der Waals surface area contributed by atoms with Crippen LogP contribution in [0.25, 0.3) is 28.2 Å². The molecule has 3 aromatic carbocycles. The Morgan fingerprint density at radius 1 is 0.933 bits per heavy atom. The molecule has 0 unspecified atom stereocenters. The third-order valence-electron chi connectivity index (χ3n) is 4.61. The zero-order valence-electron chi connectivity index (χ0n) is 15.7. The van der Waals surface area contributed by atoms with E-state index in [1.54, 1.807) is 24.3 Å². The highest BCUT2D eigenvalue weighted by molar-refractivity contribution is 14.1. The average molecular weight is 569 g/mol. The zero-order chi connectivity index (χ0) is 21.5. The summed E-state index contributed by atoms with van der Waals surface area (Å²) in [5.41, 5.74) is 3.40. The van der Waals surface area contributed by atoms with Gasteiger partial charge in [-0.05, 0) is 70.1 Å². The van der Waals surface area contributed by atoms with Crippen LogP contribution < -0.4 is 0 Å². The fraction of sp³-hybridized carbons (Fsp3) is 0.0455. The zero-order valence-corrected chi connectivity index (χ0v) is 20.2. The van der Waals surface area contributed by atoms with Crippen LogP contribution in [0.15, 0.2) is 77.8 Å². The lowest BCUT2D eigenvalue weighted by Gasteiger charge is -2.11. The van der Waals surface area contributed by atoms with Crippen LogP contribution in [-0.4, -0.2) is 24.2 Å². The monoisotopic (exact) mass is 568 g/mol. The molecule has 0 radical (unpaired) electrons. The Morgan fingerprint density at radius 2 is 1.63 bits per heavy atom. The van der Waals surface area contributed by atoms with Gasteiger partial charge < -0.3 is 0 Å². The predicted octanol–water partition coefficient (Wildman–Crippen LogP) is 6.52. The Hall–Kier alpha value is -1.87. The molecule has 1 heterocycles. The largest absolute Gasteiger partial charge is 0.299 e. The molecule has 0 amide bonds. The number of nitrogens with zero attached hydrogens (tertiary/aromatic N) is 2. The molecule has 8 heteroatoms. The summed E-state index contributed by atoms with van der Waals surface area (Å²) in [6, 6.07) is 20.2. The minimum Gasteiger partial charge on any atom is -0.299 e. The van der Waals surface area contributed by atoms with Gasteiger partial charge in [-0.2, -0.15) is 0 Å². The standard InChI is InChI=1S/C22H15Cl2IN2O2S/c1-30(28,29)17-5-2-4-15(12-17)14-8-10-16(11-9-14)27-13-20(25)26-22(27)18-6-3-7-19(23)21(18)24/h2-13H,1H3. The van der Waals surface area contributed by atoms with E-state index in [4.69, 9.17) is 23.2 Å². The average Bonchev–Trinajstić information content (AvgIpc) is 3.11. The van der Waals surface area contributed by atoms with E-state index >= 15 is 0 Å². The molecule has 0 fully saturated rings. The number of hydrogen-bond donors (Lipinski definition) is 0. The predicted molar refractivity (Wildman–Crippen MR) is 130 cm³/mol. The number of aromatic nitrogens is 2. The van der Waals surface area contributed by atoms with Gasteiger partial charge in [-0.25, -0.2) is 13.4 Å². The van der Waals surface area contributed by atoms with Crippen molar-refractivity contribution in [1.29, 1.82) is 0 Å². The number of halogens is 3. The summed E-state index contributed by atoms with van der Waals surface area (Å²) in [6.07, 6.45) is 3.13. The van der Waals surface area contributed by atoms with Gasteiger partial charge in [0.25, 0.3) is 0 Å². The molecule has 0 bridgehead atoms. The Labute approximate surface area is 198 Å². The van der Waals surface area contributed by atoms with Gasteiger partial charge in [-0.3, -0.25) is 4.57 Å². The molecule has 0 atom stereocenters. The van der Waals surface area contributed by atoms with Crippen molar-refractivity contribution in [2.24, 2.45) is 0 Å². The summed E-state index contributed by atoms with van der Waals surface area (Å²) in [7, 11) is -3.26. The van der Waals surface area contributed by atoms with Crippen molar-refractivity contribution in [2.45, 2.75) is 4.90 Å². The van der Waals surface area contributed by atoms with E-state index in [1.165, 1.54) is 6.26 Å². The first-order valence-corrected chi connectivity index (χ1v) is 12.6. The maximum Gasteiger partial charge on any atom is 0.175 e. The molecule has 4 rings (SSSR count). The van der Waals surface area contributed by atoms with Gasteiger partial charge in [0, 0.05) is 23.7 Å². The second-order valence-electron chi connectivity index (χ2n) is 6.71. The minimum atomic E-state index is -3.26. The van der Waals surface area contributed by atoms with Crippen LogP contribution in [0.3, 0.4) is 0 Å². The summed E-state index contributed by atoms with van der Waals surface area (Å²) in [6.45, 7) is 0. The van der Waals surface area contributed by atoms with Gasteiger partial charge in [-0.1, -0.05) is 53.5 Å². The molecule has 30 heavy (non-hydrogen) atoms. The van der Waals surface area contributed by atoms with Crippen LogP contribution in [-0.2, 0) is 9.84 Å². The molecule has 4 aromatic rings. The van der Waals surface area contributed by atoms with Crippen molar-refractivity contribution in [3.8, 4) is 28.2 Å². The summed E-state index contributed by atoms with van der Waals surface area (Å²) in [5, 5.41) is 0.927. The van der Waals surface area contributed by atoms with Gasteiger partial charge in [0.2, 0.25) is 0 Å². The first-order chi connectivity index (χ1) is 14.2. The topological polar surface area (TPSA) is 52.0 Å². The molecule has 1 aromatic heterocycles. The fourth-order valence-corrected chi connectivity index (χ4v) is 4.69. The van der Waals surface area contributed by atoms with Crippen molar-refractivity contribution < 1.29 is 8.42 Å². The molecule has 0 aliphatic rings. The van der Waals surface area contributed by atoms with E-state index < -0.39 is 9.84 Å². The maximum atomic E-state index is 11.9. The van der Waals surface area contributed by atoms with E-state index in [-0.39, 0.29) is 0 Å². The molecule has 0 N–H and O–H groups in total. The van der Waals surface area contributed by atoms with Crippen molar-refractivity contribution >= 4 is 55.6 Å². The highest BCUT2D eigenvalue weighted by Gasteiger charge is 2.15. The van der Waals surface area contributed by atoms with Crippen LogP contribution in [0, 0.1) is 3.70 Å². The summed E-state index contributed by atoms with van der Waals surface area (Å²) < 4.78 is 26.5. The molecule has 0 spiro atoms. The van der Waals surface area contributed by atoms with Gasteiger partial charge in [0.1, 0.15) is 9.53 Å². The summed E-state index contributed by atoms with van der Waals surface area (Å²) in [5.74, 6) is 0.693. The van der Waals surface area contributed by atoms with Crippen molar-refractivity contribution in [3.05, 3.63) is 86.7 Å². The molecule has 0 saturated carbocycles. The molecule has 152 valence electrons. The van der Waals surface area contributed by atoms with Crippen LogP contribution in [0.1, 0.15) is 0 Å². The van der Waals surface area contributed by atoms with Crippen molar-refractivity contribution in [3.63, 3.8) is 0 Å². The smallest absolute Gasteiger partial charge is 0.175 e. The van der Waals surface area contributed by atoms with E-state index in [0.29, 0.717) is 20.8 Å². The third kappa shape index (κ3) is 4.27. The molecular formula is C22H15Cl2IN2O2S. The first-order valence-electron chi connectivity index (χ1n) is 8.84. The summed E-state index contributed by atoms with van der Waals surface area (Å²) >= 11 is 14.8. The van der Waals surface area contributed by atoms with E-state index in [1.807, 2.05) is 53.2 Å². The Bertz CT molecular complexity index is 1350. The number of rotatable bonds is 4. The molecule has 0 aliphatic carbocycles. The van der Waals surface area contributed by atoms with Gasteiger partial charge in [0.15, 0.2) is 9.84 Å². The maximum absolute atomic E-state index is 11.9. The lowest BCUT2D eigenvalue weighted by atomic mass is 10.1. The summed E-state index contributed by atoms with van der Waals surface area (Å²) in [4.78, 5) is 4.92. The van der Waals surface area contributed by atoms with Crippen molar-refractivity contribution in [2.75, 3.05) is 6.26 Å². The van der Waals surface area contributed by atoms with E-state index in [0.717, 1.165) is 26.1 Å². The van der Waals surface area contributed by atoms with Crippen LogP contribution in [0.4, 0.5) is 0 Å². The molecular weight excluding hydrogens is 554 g/mol. The van der Waals surface area contributed by atoms with Crippen LogP contribution >= 0.6 is 45.8 Å².